The van der Waals surface area contributed by atoms with E-state index in [0.717, 1.165) is 45.2 Å². The van der Waals surface area contributed by atoms with E-state index in [0.29, 0.717) is 0 Å². The lowest BCUT2D eigenvalue weighted by molar-refractivity contribution is -0.139. The number of Topliss-reactive ketones (excluding diaryl/α,β-unsaturated/α-hetero) is 1. The fourth-order valence-corrected chi connectivity index (χ4v) is 4.14. The lowest BCUT2D eigenvalue weighted by Crippen LogP contribution is -2.43. The molecule has 0 bridgehead atoms. The molecule has 138 valence electrons. The normalized spacial score (nSPS) is 26.1. The molecule has 2 fully saturated rings. The highest BCUT2D eigenvalue weighted by atomic mass is 16.2. The van der Waals surface area contributed by atoms with Gasteiger partial charge in [0.25, 0.3) is 0 Å². The summed E-state index contributed by atoms with van der Waals surface area (Å²) in [6.07, 6.45) is 8.88. The fraction of sp³-hybridized carbons (Fsp3) is 0.900. The first-order valence-electron chi connectivity index (χ1n) is 9.94. The van der Waals surface area contributed by atoms with Crippen molar-refractivity contribution in [3.63, 3.8) is 0 Å². The first-order chi connectivity index (χ1) is 11.4. The number of amides is 1. The molecular formula is C20H36N2O2. The van der Waals surface area contributed by atoms with Gasteiger partial charge in [-0.15, -0.1) is 0 Å². The Bertz CT molecular complexity index is 422. The lowest BCUT2D eigenvalue weighted by atomic mass is 9.70. The van der Waals surface area contributed by atoms with Crippen LogP contribution in [0.1, 0.15) is 72.1 Å². The molecule has 1 N–H and O–H groups in total. The molecule has 1 saturated heterocycles. The summed E-state index contributed by atoms with van der Waals surface area (Å²) in [5.41, 5.74) is -0.352. The number of piperidine rings is 1. The highest BCUT2D eigenvalue weighted by Gasteiger charge is 2.39. The van der Waals surface area contributed by atoms with E-state index >= 15 is 0 Å². The molecule has 1 aliphatic carbocycles. The van der Waals surface area contributed by atoms with Crippen LogP contribution in [0.2, 0.25) is 0 Å². The number of carbonyl (C=O) groups is 2. The van der Waals surface area contributed by atoms with E-state index in [-0.39, 0.29) is 28.9 Å². The largest absolute Gasteiger partial charge is 0.356 e. The van der Waals surface area contributed by atoms with Gasteiger partial charge in [-0.2, -0.15) is 0 Å². The molecule has 0 unspecified atom stereocenters. The van der Waals surface area contributed by atoms with Crippen LogP contribution in [-0.4, -0.2) is 42.8 Å². The summed E-state index contributed by atoms with van der Waals surface area (Å²) in [5, 5.41) is 3.11. The van der Waals surface area contributed by atoms with Gasteiger partial charge in [0, 0.05) is 23.8 Å². The maximum atomic E-state index is 12.7. The van der Waals surface area contributed by atoms with Crippen molar-refractivity contribution in [2.75, 3.05) is 26.2 Å². The predicted molar refractivity (Wildman–Crippen MR) is 97.8 cm³/mol. The average molecular weight is 337 g/mol. The van der Waals surface area contributed by atoms with Gasteiger partial charge in [-0.1, -0.05) is 40.0 Å². The van der Waals surface area contributed by atoms with Crippen LogP contribution >= 0.6 is 0 Å². The number of hydrogen-bond donors (Lipinski definition) is 1. The quantitative estimate of drug-likeness (QED) is 0.756. The third-order valence-electron chi connectivity index (χ3n) is 5.58. The monoisotopic (exact) mass is 336 g/mol. The second-order valence-corrected chi connectivity index (χ2v) is 8.66. The molecule has 2 atom stereocenters. The summed E-state index contributed by atoms with van der Waals surface area (Å²) in [4.78, 5) is 27.8. The number of hydrogen-bond acceptors (Lipinski definition) is 3. The Labute approximate surface area is 147 Å². The minimum Gasteiger partial charge on any atom is -0.356 e. The number of rotatable bonds is 6. The first kappa shape index (κ1) is 19.4. The Balaban J connectivity index is 1.77. The molecule has 0 radical (unpaired) electrons. The molecule has 0 aromatic carbocycles. The minimum absolute atomic E-state index is 0.0826. The van der Waals surface area contributed by atoms with Crippen molar-refractivity contribution >= 4 is 11.7 Å². The van der Waals surface area contributed by atoms with Crippen molar-refractivity contribution in [1.82, 2.24) is 10.2 Å². The molecule has 24 heavy (non-hydrogen) atoms. The molecule has 4 heteroatoms. The molecule has 4 nitrogen and oxygen atoms in total. The van der Waals surface area contributed by atoms with Crippen LogP contribution in [-0.2, 0) is 9.59 Å². The summed E-state index contributed by atoms with van der Waals surface area (Å²) < 4.78 is 0. The van der Waals surface area contributed by atoms with Crippen molar-refractivity contribution in [3.8, 4) is 0 Å². The second kappa shape index (κ2) is 8.98. The van der Waals surface area contributed by atoms with Gasteiger partial charge in [0.2, 0.25) is 5.91 Å². The van der Waals surface area contributed by atoms with Gasteiger partial charge in [0.05, 0.1) is 0 Å². The molecule has 1 amide bonds. The molecule has 2 rings (SSSR count). The molecule has 1 saturated carbocycles. The molecule has 0 aromatic heterocycles. The Morgan fingerprint density at radius 2 is 1.58 bits per heavy atom. The molecule has 0 spiro atoms. The van der Waals surface area contributed by atoms with E-state index in [9.17, 15) is 9.59 Å². The zero-order valence-corrected chi connectivity index (χ0v) is 15.9. The van der Waals surface area contributed by atoms with E-state index in [4.69, 9.17) is 0 Å². The predicted octanol–water partition coefficient (Wildman–Crippen LogP) is 3.40. The number of carbonyl (C=O) groups excluding carboxylic acids is 2. The van der Waals surface area contributed by atoms with Gasteiger partial charge in [-0.05, 0) is 51.7 Å². The summed E-state index contributed by atoms with van der Waals surface area (Å²) in [6, 6.07) is 0. The van der Waals surface area contributed by atoms with E-state index in [1.54, 1.807) is 0 Å². The van der Waals surface area contributed by atoms with Crippen LogP contribution in [0.15, 0.2) is 0 Å². The van der Waals surface area contributed by atoms with Gasteiger partial charge in [-0.3, -0.25) is 9.59 Å². The van der Waals surface area contributed by atoms with Gasteiger partial charge in [0.1, 0.15) is 5.78 Å². The van der Waals surface area contributed by atoms with Crippen molar-refractivity contribution in [2.45, 2.75) is 72.1 Å². The standard InChI is InChI=1S/C20H36N2O2/c1-20(2,3)18(23)16-10-5-6-11-17(16)19(24)21-12-9-15-22-13-7-4-8-14-22/h16-17H,4-15H2,1-3H3,(H,21,24)/t16-,17+/m1/s1. The van der Waals surface area contributed by atoms with Crippen molar-refractivity contribution < 1.29 is 9.59 Å². The number of nitrogens with one attached hydrogen (secondary N) is 1. The zero-order valence-electron chi connectivity index (χ0n) is 15.9. The highest BCUT2D eigenvalue weighted by Crippen LogP contribution is 2.35. The summed E-state index contributed by atoms with van der Waals surface area (Å²) in [5.74, 6) is 0.174. The van der Waals surface area contributed by atoms with E-state index in [2.05, 4.69) is 10.2 Å². The van der Waals surface area contributed by atoms with Crippen LogP contribution in [0, 0.1) is 17.3 Å². The van der Waals surface area contributed by atoms with Crippen LogP contribution in [0.4, 0.5) is 0 Å². The smallest absolute Gasteiger partial charge is 0.223 e. The summed E-state index contributed by atoms with van der Waals surface area (Å²) >= 11 is 0. The maximum absolute atomic E-state index is 12.7. The van der Waals surface area contributed by atoms with Crippen molar-refractivity contribution in [3.05, 3.63) is 0 Å². The van der Waals surface area contributed by atoms with Gasteiger partial charge < -0.3 is 10.2 Å². The van der Waals surface area contributed by atoms with Gasteiger partial charge in [0.15, 0.2) is 0 Å². The summed E-state index contributed by atoms with van der Waals surface area (Å²) in [6.45, 7) is 10.1. The van der Waals surface area contributed by atoms with E-state index in [1.165, 1.54) is 32.4 Å². The Morgan fingerprint density at radius 3 is 2.21 bits per heavy atom. The van der Waals surface area contributed by atoms with Crippen LogP contribution in [0.3, 0.4) is 0 Å². The molecular weight excluding hydrogens is 300 g/mol. The number of nitrogens with zero attached hydrogens (tertiary/aromatic N) is 1. The third kappa shape index (κ3) is 5.58. The molecule has 1 aliphatic heterocycles. The minimum atomic E-state index is -0.352. The fourth-order valence-electron chi connectivity index (χ4n) is 4.14. The van der Waals surface area contributed by atoms with Crippen molar-refractivity contribution in [2.24, 2.45) is 17.3 Å². The SMILES string of the molecule is CC(C)(C)C(=O)[C@@H]1CCCC[C@@H]1C(=O)NCCCN1CCCCC1. The zero-order chi connectivity index (χ0) is 17.6. The Hall–Kier alpha value is -0.900. The van der Waals surface area contributed by atoms with E-state index in [1.807, 2.05) is 20.8 Å². The molecule has 0 aromatic rings. The highest BCUT2D eigenvalue weighted by molar-refractivity contribution is 5.91. The second-order valence-electron chi connectivity index (χ2n) is 8.66. The molecule has 2 aliphatic rings. The first-order valence-corrected chi connectivity index (χ1v) is 9.94. The van der Waals surface area contributed by atoms with Crippen LogP contribution in [0.25, 0.3) is 0 Å². The number of ketones is 1. The maximum Gasteiger partial charge on any atom is 0.223 e. The van der Waals surface area contributed by atoms with Gasteiger partial charge in [-0.25, -0.2) is 0 Å². The molecule has 1 heterocycles. The Morgan fingerprint density at radius 1 is 0.958 bits per heavy atom. The lowest BCUT2D eigenvalue weighted by Gasteiger charge is -2.33. The Kier molecular flexibility index (Phi) is 7.27. The number of likely N-dealkylation sites (tertiary alicyclic amines) is 1. The van der Waals surface area contributed by atoms with Gasteiger partial charge >= 0.3 is 0 Å². The van der Waals surface area contributed by atoms with Crippen molar-refractivity contribution in [1.29, 1.82) is 0 Å². The van der Waals surface area contributed by atoms with E-state index < -0.39 is 0 Å². The average Bonchev–Trinajstić information content (AvgIpc) is 2.58. The van der Waals surface area contributed by atoms with Crippen LogP contribution in [0.5, 0.6) is 0 Å². The van der Waals surface area contributed by atoms with Crippen LogP contribution < -0.4 is 5.32 Å². The topological polar surface area (TPSA) is 49.4 Å². The third-order valence-corrected chi connectivity index (χ3v) is 5.58. The summed E-state index contributed by atoms with van der Waals surface area (Å²) in [7, 11) is 0.